The summed E-state index contributed by atoms with van der Waals surface area (Å²) in [6, 6.07) is 3.93. The Balaban J connectivity index is 2.44. The van der Waals surface area contributed by atoms with E-state index in [-0.39, 0.29) is 10.8 Å². The minimum absolute atomic E-state index is 0.0633. The molecule has 1 aliphatic rings. The topological polar surface area (TPSA) is 92.5 Å². The average molecular weight is 422 g/mol. The van der Waals surface area contributed by atoms with Crippen LogP contribution in [0.5, 0.6) is 0 Å². The molecular weight excluding hydrogens is 394 g/mol. The van der Waals surface area contributed by atoms with Gasteiger partial charge in [-0.3, -0.25) is 0 Å². The number of carbonyl (C=O) groups excluding carboxylic acids is 2. The summed E-state index contributed by atoms with van der Waals surface area (Å²) in [4.78, 5) is 30.4. The van der Waals surface area contributed by atoms with Crippen LogP contribution in [0.25, 0.3) is 0 Å². The van der Waals surface area contributed by atoms with Gasteiger partial charge in [0.2, 0.25) is 0 Å². The second-order valence-corrected chi connectivity index (χ2v) is 9.94. The first kappa shape index (κ1) is 23.0. The monoisotopic (exact) mass is 421 g/mol. The van der Waals surface area contributed by atoms with Crippen molar-refractivity contribution in [2.75, 3.05) is 4.90 Å². The molecule has 1 heterocycles. The van der Waals surface area contributed by atoms with Gasteiger partial charge in [0.25, 0.3) is 0 Å². The Morgan fingerprint density at radius 3 is 2.00 bits per heavy atom. The van der Waals surface area contributed by atoms with Crippen LogP contribution >= 0.6 is 11.6 Å². The summed E-state index contributed by atoms with van der Waals surface area (Å²) < 4.78 is 10.7. The number of aromatic nitrogens is 1. The molecule has 0 N–H and O–H groups in total. The van der Waals surface area contributed by atoms with Crippen LogP contribution < -0.4 is 4.90 Å². The molecule has 0 spiro atoms. The van der Waals surface area contributed by atoms with E-state index < -0.39 is 28.8 Å². The van der Waals surface area contributed by atoms with Crippen LogP contribution in [0.3, 0.4) is 0 Å². The van der Waals surface area contributed by atoms with E-state index in [2.05, 4.69) is 18.0 Å². The number of ether oxygens (including phenoxy) is 2. The molecule has 1 saturated carbocycles. The minimum Gasteiger partial charge on any atom is -0.443 e. The Hall–Kier alpha value is -2.33. The summed E-state index contributed by atoms with van der Waals surface area (Å²) in [6.07, 6.45) is 1.02. The molecule has 29 heavy (non-hydrogen) atoms. The molecule has 0 aliphatic heterocycles. The van der Waals surface area contributed by atoms with E-state index in [0.29, 0.717) is 29.2 Å². The Bertz CT molecular complexity index is 815. The number of anilines is 1. The second kappa shape index (κ2) is 7.83. The number of halogens is 1. The molecule has 2 amide bonds. The normalized spacial score (nSPS) is 21.6. The fraction of sp³-hybridized carbons (Fsp3) is 0.619. The van der Waals surface area contributed by atoms with Crippen LogP contribution in [0.1, 0.15) is 66.9 Å². The van der Waals surface area contributed by atoms with Crippen LogP contribution in [0, 0.1) is 17.2 Å². The summed E-state index contributed by atoms with van der Waals surface area (Å²) >= 11 is 6.41. The lowest BCUT2D eigenvalue weighted by atomic mass is 9.60. The van der Waals surface area contributed by atoms with E-state index in [0.717, 1.165) is 0 Å². The van der Waals surface area contributed by atoms with Crippen LogP contribution in [0.15, 0.2) is 12.3 Å². The van der Waals surface area contributed by atoms with Crippen LogP contribution in [0.2, 0.25) is 5.02 Å². The fourth-order valence-corrected chi connectivity index (χ4v) is 3.49. The van der Waals surface area contributed by atoms with Crippen LogP contribution in [0.4, 0.5) is 15.4 Å². The molecule has 0 saturated heterocycles. The van der Waals surface area contributed by atoms with Crippen molar-refractivity contribution in [2.24, 2.45) is 5.92 Å². The number of nitrogens with zero attached hydrogens (tertiary/aromatic N) is 3. The highest BCUT2D eigenvalue weighted by Crippen LogP contribution is 2.48. The van der Waals surface area contributed by atoms with Gasteiger partial charge in [-0.1, -0.05) is 18.5 Å². The molecule has 0 unspecified atom stereocenters. The number of hydrogen-bond acceptors (Lipinski definition) is 6. The number of pyridine rings is 1. The molecule has 158 valence electrons. The number of carbonyl (C=O) groups is 2. The van der Waals surface area contributed by atoms with Crippen molar-refractivity contribution in [3.8, 4) is 6.07 Å². The van der Waals surface area contributed by atoms with Gasteiger partial charge >= 0.3 is 12.2 Å². The maximum atomic E-state index is 12.7. The summed E-state index contributed by atoms with van der Waals surface area (Å²) in [5.41, 5.74) is -1.65. The average Bonchev–Trinajstić information content (AvgIpc) is 2.50. The van der Waals surface area contributed by atoms with Crippen molar-refractivity contribution in [1.29, 1.82) is 5.26 Å². The number of imide groups is 1. The van der Waals surface area contributed by atoms with Crippen molar-refractivity contribution in [3.05, 3.63) is 22.8 Å². The van der Waals surface area contributed by atoms with Gasteiger partial charge < -0.3 is 9.47 Å². The fourth-order valence-electron chi connectivity index (χ4n) is 3.24. The SMILES string of the molecule is CC1CC(C#N)(c2cnc(N(C(=O)OC(C)(C)C)C(=O)OC(C)(C)C)c(Cl)c2)C1. The molecule has 1 aliphatic carbocycles. The third-order valence-electron chi connectivity index (χ3n) is 4.35. The van der Waals surface area contributed by atoms with Gasteiger partial charge in [0, 0.05) is 6.20 Å². The first-order valence-electron chi connectivity index (χ1n) is 9.51. The summed E-state index contributed by atoms with van der Waals surface area (Å²) in [7, 11) is 0. The molecule has 2 rings (SSSR count). The third-order valence-corrected chi connectivity index (χ3v) is 4.62. The first-order valence-corrected chi connectivity index (χ1v) is 9.88. The zero-order valence-corrected chi connectivity index (χ0v) is 18.8. The van der Waals surface area contributed by atoms with E-state index in [1.54, 1.807) is 47.6 Å². The molecule has 1 aromatic rings. The maximum Gasteiger partial charge on any atom is 0.425 e. The van der Waals surface area contributed by atoms with Crippen molar-refractivity contribution in [2.45, 2.75) is 77.9 Å². The predicted octanol–water partition coefficient (Wildman–Crippen LogP) is 5.60. The van der Waals surface area contributed by atoms with E-state index >= 15 is 0 Å². The van der Waals surface area contributed by atoms with Crippen molar-refractivity contribution >= 4 is 29.6 Å². The van der Waals surface area contributed by atoms with Crippen LogP contribution in [-0.4, -0.2) is 28.4 Å². The second-order valence-electron chi connectivity index (χ2n) is 9.53. The lowest BCUT2D eigenvalue weighted by molar-refractivity contribution is 0.0429. The predicted molar refractivity (Wildman–Crippen MR) is 110 cm³/mol. The Labute approximate surface area is 176 Å². The summed E-state index contributed by atoms with van der Waals surface area (Å²) in [6.45, 7) is 12.2. The number of amides is 2. The molecule has 0 atom stereocenters. The number of hydrogen-bond donors (Lipinski definition) is 0. The van der Waals surface area contributed by atoms with Gasteiger partial charge in [-0.2, -0.15) is 10.2 Å². The summed E-state index contributed by atoms with van der Waals surface area (Å²) in [5, 5.41) is 9.69. The molecule has 1 aromatic heterocycles. The highest BCUT2D eigenvalue weighted by Gasteiger charge is 2.45. The lowest BCUT2D eigenvalue weighted by Crippen LogP contribution is -2.44. The smallest absolute Gasteiger partial charge is 0.425 e. The molecule has 1 fully saturated rings. The minimum atomic E-state index is -0.943. The van der Waals surface area contributed by atoms with Crippen molar-refractivity contribution in [3.63, 3.8) is 0 Å². The van der Waals surface area contributed by atoms with Crippen LogP contribution in [-0.2, 0) is 14.9 Å². The van der Waals surface area contributed by atoms with Gasteiger partial charge in [0.15, 0.2) is 5.82 Å². The number of rotatable bonds is 2. The standard InChI is InChI=1S/C21H28ClN3O4/c1-13-9-21(10-13,12-23)14-8-15(22)16(24-11-14)25(17(26)28-19(2,3)4)18(27)29-20(5,6)7/h8,11,13H,9-10H2,1-7H3. The molecule has 0 radical (unpaired) electrons. The molecule has 7 nitrogen and oxygen atoms in total. The summed E-state index contributed by atoms with van der Waals surface area (Å²) in [5.74, 6) is 0.340. The first-order chi connectivity index (χ1) is 13.2. The van der Waals surface area contributed by atoms with Crippen molar-refractivity contribution < 1.29 is 19.1 Å². The van der Waals surface area contributed by atoms with E-state index in [1.165, 1.54) is 6.20 Å². The zero-order chi connectivity index (χ0) is 22.2. The van der Waals surface area contributed by atoms with Gasteiger partial charge in [-0.25, -0.2) is 14.6 Å². The van der Waals surface area contributed by atoms with Crippen molar-refractivity contribution in [1.82, 2.24) is 4.98 Å². The molecular formula is C21H28ClN3O4. The number of nitriles is 1. The van der Waals surface area contributed by atoms with Gasteiger partial charge in [-0.15, -0.1) is 0 Å². The Morgan fingerprint density at radius 2 is 1.66 bits per heavy atom. The highest BCUT2D eigenvalue weighted by molar-refractivity contribution is 6.34. The Morgan fingerprint density at radius 1 is 1.17 bits per heavy atom. The van der Waals surface area contributed by atoms with Gasteiger partial charge in [0.05, 0.1) is 16.5 Å². The molecule has 0 bridgehead atoms. The third kappa shape index (κ3) is 5.39. The largest absolute Gasteiger partial charge is 0.443 e. The molecule has 8 heteroatoms. The lowest BCUT2D eigenvalue weighted by Gasteiger charge is -2.41. The highest BCUT2D eigenvalue weighted by atomic mass is 35.5. The Kier molecular flexibility index (Phi) is 6.20. The van der Waals surface area contributed by atoms with Gasteiger partial charge in [0.1, 0.15) is 11.2 Å². The maximum absolute atomic E-state index is 12.7. The van der Waals surface area contributed by atoms with E-state index in [4.69, 9.17) is 21.1 Å². The molecule has 0 aromatic carbocycles. The van der Waals surface area contributed by atoms with E-state index in [1.807, 2.05) is 0 Å². The van der Waals surface area contributed by atoms with Gasteiger partial charge in [-0.05, 0) is 71.9 Å². The quantitative estimate of drug-likeness (QED) is 0.616. The zero-order valence-electron chi connectivity index (χ0n) is 18.0. The van der Waals surface area contributed by atoms with E-state index in [9.17, 15) is 14.9 Å².